The summed E-state index contributed by atoms with van der Waals surface area (Å²) in [5.74, 6) is 0.181. The van der Waals surface area contributed by atoms with Crippen molar-refractivity contribution in [3.8, 4) is 22.6 Å². The number of nitrogens with zero attached hydrogens (tertiary/aromatic N) is 5. The Labute approximate surface area is 202 Å². The summed E-state index contributed by atoms with van der Waals surface area (Å²) in [4.78, 5) is 28.8. The molecule has 3 heterocycles. The average Bonchev–Trinajstić information content (AvgIpc) is 3.50. The molecule has 0 saturated heterocycles. The van der Waals surface area contributed by atoms with Gasteiger partial charge in [-0.25, -0.2) is 9.37 Å². The Balaban J connectivity index is 1.52. The molecule has 0 aliphatic heterocycles. The third-order valence-electron chi connectivity index (χ3n) is 5.90. The van der Waals surface area contributed by atoms with Gasteiger partial charge in [0.05, 0.1) is 22.4 Å². The molecule has 1 N–H and O–H groups in total. The lowest BCUT2D eigenvalue weighted by atomic mass is 10.0. The summed E-state index contributed by atoms with van der Waals surface area (Å²) >= 11 is 0. The predicted molar refractivity (Wildman–Crippen MR) is 133 cm³/mol. The zero-order valence-electron chi connectivity index (χ0n) is 19.8. The number of aromatic amines is 1. The van der Waals surface area contributed by atoms with Gasteiger partial charge in [-0.1, -0.05) is 6.07 Å². The Morgan fingerprint density at radius 2 is 1.83 bits per heavy atom. The van der Waals surface area contributed by atoms with E-state index < -0.39 is 5.82 Å². The SMILES string of the molecule is CC(=O)c1cc(F)cc(CCc2nc(-c3ccc4nccnc4c3)c(-c3ccn(C(C)C)n3)[nH]2)c1. The lowest BCUT2D eigenvalue weighted by molar-refractivity contribution is 0.101. The number of H-pyrrole nitrogens is 1. The maximum absolute atomic E-state index is 14.0. The van der Waals surface area contributed by atoms with Gasteiger partial charge in [0.15, 0.2) is 5.78 Å². The molecule has 3 aromatic heterocycles. The minimum absolute atomic E-state index is 0.159. The molecule has 0 unspecified atom stereocenters. The first kappa shape index (κ1) is 22.6. The summed E-state index contributed by atoms with van der Waals surface area (Å²) in [7, 11) is 0. The average molecular weight is 469 g/mol. The highest BCUT2D eigenvalue weighted by molar-refractivity contribution is 5.94. The molecule has 0 radical (unpaired) electrons. The molecule has 8 heteroatoms. The third-order valence-corrected chi connectivity index (χ3v) is 5.90. The van der Waals surface area contributed by atoms with Crippen LogP contribution in [0, 0.1) is 5.82 Å². The molecule has 0 amide bonds. The number of imidazole rings is 1. The van der Waals surface area contributed by atoms with Crippen LogP contribution < -0.4 is 0 Å². The predicted octanol–water partition coefficient (Wildman–Crippen LogP) is 5.59. The van der Waals surface area contributed by atoms with Crippen molar-refractivity contribution < 1.29 is 9.18 Å². The number of aryl methyl sites for hydroxylation is 2. The van der Waals surface area contributed by atoms with E-state index in [0.29, 0.717) is 18.4 Å². The van der Waals surface area contributed by atoms with Gasteiger partial charge in [0.25, 0.3) is 0 Å². The number of aromatic nitrogens is 6. The molecule has 0 bridgehead atoms. The van der Waals surface area contributed by atoms with E-state index in [1.807, 2.05) is 35.1 Å². The monoisotopic (exact) mass is 468 g/mol. The number of hydrogen-bond donors (Lipinski definition) is 1. The molecule has 35 heavy (non-hydrogen) atoms. The Hall–Kier alpha value is -4.20. The minimum atomic E-state index is -0.412. The lowest BCUT2D eigenvalue weighted by Crippen LogP contribution is -2.01. The van der Waals surface area contributed by atoms with E-state index in [0.717, 1.165) is 45.1 Å². The topological polar surface area (TPSA) is 89.3 Å². The van der Waals surface area contributed by atoms with Crippen molar-refractivity contribution in [1.82, 2.24) is 29.7 Å². The molecule has 2 aromatic carbocycles. The van der Waals surface area contributed by atoms with Crippen molar-refractivity contribution >= 4 is 16.8 Å². The maximum atomic E-state index is 14.0. The standard InChI is InChI=1S/C27H25FN6O/c1-16(2)34-11-8-23(33-34)27-26(19-5-6-22-24(15-19)30-10-9-29-22)31-25(32-27)7-4-18-12-20(17(3)35)14-21(28)13-18/h5-6,8-16H,4,7H2,1-3H3,(H,31,32). The summed E-state index contributed by atoms with van der Waals surface area (Å²) in [6.45, 7) is 5.59. The Morgan fingerprint density at radius 3 is 2.57 bits per heavy atom. The highest BCUT2D eigenvalue weighted by Crippen LogP contribution is 2.31. The molecular weight excluding hydrogens is 443 g/mol. The quantitative estimate of drug-likeness (QED) is 0.315. The van der Waals surface area contributed by atoms with Gasteiger partial charge in [-0.05, 0) is 69.2 Å². The number of carbonyl (C=O) groups excluding carboxylic acids is 1. The van der Waals surface area contributed by atoms with Crippen LogP contribution in [0.1, 0.15) is 48.6 Å². The lowest BCUT2D eigenvalue weighted by Gasteiger charge is -2.04. The Morgan fingerprint density at radius 1 is 1.03 bits per heavy atom. The van der Waals surface area contributed by atoms with E-state index in [9.17, 15) is 9.18 Å². The van der Waals surface area contributed by atoms with Gasteiger partial charge in [0, 0.05) is 42.2 Å². The summed E-state index contributed by atoms with van der Waals surface area (Å²) < 4.78 is 15.9. The van der Waals surface area contributed by atoms with Crippen LogP contribution >= 0.6 is 0 Å². The number of ketones is 1. The van der Waals surface area contributed by atoms with E-state index in [1.54, 1.807) is 18.5 Å². The number of fused-ring (bicyclic) bond motifs is 1. The molecule has 0 aliphatic rings. The highest BCUT2D eigenvalue weighted by atomic mass is 19.1. The minimum Gasteiger partial charge on any atom is -0.340 e. The second-order valence-electron chi connectivity index (χ2n) is 8.85. The summed E-state index contributed by atoms with van der Waals surface area (Å²) in [5.41, 5.74) is 5.99. The van der Waals surface area contributed by atoms with E-state index in [1.165, 1.54) is 19.1 Å². The number of nitrogens with one attached hydrogen (secondary N) is 1. The summed E-state index contributed by atoms with van der Waals surface area (Å²) in [5, 5.41) is 4.73. The van der Waals surface area contributed by atoms with Gasteiger partial charge in [0.1, 0.15) is 17.3 Å². The van der Waals surface area contributed by atoms with Crippen LogP contribution in [-0.2, 0) is 12.8 Å². The number of Topliss-reactive ketones (excluding diaryl/α,β-unsaturated/α-hetero) is 1. The Kier molecular flexibility index (Phi) is 5.94. The molecule has 0 spiro atoms. The highest BCUT2D eigenvalue weighted by Gasteiger charge is 2.18. The number of benzene rings is 2. The number of hydrogen-bond acceptors (Lipinski definition) is 5. The first-order chi connectivity index (χ1) is 16.9. The molecule has 0 atom stereocenters. The first-order valence-corrected chi connectivity index (χ1v) is 11.5. The fourth-order valence-corrected chi connectivity index (χ4v) is 4.07. The van der Waals surface area contributed by atoms with Crippen LogP contribution in [0.15, 0.2) is 61.1 Å². The van der Waals surface area contributed by atoms with E-state index in [2.05, 4.69) is 28.8 Å². The molecular formula is C27H25FN6O. The normalized spacial score (nSPS) is 11.5. The van der Waals surface area contributed by atoms with Crippen molar-refractivity contribution in [2.75, 3.05) is 0 Å². The molecule has 0 fully saturated rings. The molecule has 5 aromatic rings. The number of halogens is 1. The Bertz CT molecular complexity index is 1530. The number of rotatable bonds is 7. The van der Waals surface area contributed by atoms with Gasteiger partial charge in [-0.2, -0.15) is 5.10 Å². The third kappa shape index (κ3) is 4.73. The smallest absolute Gasteiger partial charge is 0.159 e. The van der Waals surface area contributed by atoms with Crippen LogP contribution in [0.5, 0.6) is 0 Å². The zero-order chi connectivity index (χ0) is 24.5. The van der Waals surface area contributed by atoms with E-state index in [-0.39, 0.29) is 11.8 Å². The van der Waals surface area contributed by atoms with Crippen molar-refractivity contribution in [3.05, 3.63) is 83.8 Å². The van der Waals surface area contributed by atoms with Gasteiger partial charge >= 0.3 is 0 Å². The number of carbonyl (C=O) groups is 1. The van der Waals surface area contributed by atoms with Crippen LogP contribution in [0.3, 0.4) is 0 Å². The van der Waals surface area contributed by atoms with Crippen LogP contribution in [0.2, 0.25) is 0 Å². The van der Waals surface area contributed by atoms with Crippen LogP contribution in [0.4, 0.5) is 4.39 Å². The second kappa shape index (κ2) is 9.21. The van der Waals surface area contributed by atoms with Gasteiger partial charge in [-0.3, -0.25) is 19.4 Å². The second-order valence-corrected chi connectivity index (χ2v) is 8.85. The molecule has 0 saturated carbocycles. The largest absolute Gasteiger partial charge is 0.340 e. The van der Waals surface area contributed by atoms with Crippen molar-refractivity contribution in [2.45, 2.75) is 39.7 Å². The molecule has 5 rings (SSSR count). The maximum Gasteiger partial charge on any atom is 0.159 e. The molecule has 0 aliphatic carbocycles. The fraction of sp³-hybridized carbons (Fsp3) is 0.222. The van der Waals surface area contributed by atoms with Crippen molar-refractivity contribution in [3.63, 3.8) is 0 Å². The molecule has 176 valence electrons. The summed E-state index contributed by atoms with van der Waals surface area (Å²) in [6, 6.07) is 12.5. The van der Waals surface area contributed by atoms with Gasteiger partial charge in [0.2, 0.25) is 0 Å². The zero-order valence-corrected chi connectivity index (χ0v) is 19.8. The first-order valence-electron chi connectivity index (χ1n) is 11.5. The van der Waals surface area contributed by atoms with Crippen LogP contribution in [-0.4, -0.2) is 35.5 Å². The molecule has 7 nitrogen and oxygen atoms in total. The van der Waals surface area contributed by atoms with E-state index >= 15 is 0 Å². The summed E-state index contributed by atoms with van der Waals surface area (Å²) in [6.07, 6.45) is 6.37. The van der Waals surface area contributed by atoms with Gasteiger partial charge < -0.3 is 4.98 Å². The van der Waals surface area contributed by atoms with E-state index in [4.69, 9.17) is 10.1 Å². The van der Waals surface area contributed by atoms with Crippen molar-refractivity contribution in [2.24, 2.45) is 0 Å². The van der Waals surface area contributed by atoms with Crippen LogP contribution in [0.25, 0.3) is 33.7 Å². The fourth-order valence-electron chi connectivity index (χ4n) is 4.07. The van der Waals surface area contributed by atoms with Crippen molar-refractivity contribution in [1.29, 1.82) is 0 Å². The van der Waals surface area contributed by atoms with Gasteiger partial charge in [-0.15, -0.1) is 0 Å².